The molecule has 0 fully saturated rings. The standard InChI is InChI=1S/C23H25N3O4/c1-5-30-21(27)13-26-22-17-12-20(29-4)19(28-3)11-15(17)10-18(22)23(25-26)24-16-8-6-7-14(2)9-16/h6-9,11-12H,5,10,13H2,1-4H3,(H,24,25). The second-order valence-electron chi connectivity index (χ2n) is 7.17. The maximum absolute atomic E-state index is 12.2. The minimum atomic E-state index is -0.321. The van der Waals surface area contributed by atoms with Gasteiger partial charge in [0.15, 0.2) is 17.3 Å². The highest BCUT2D eigenvalue weighted by Gasteiger charge is 2.30. The Morgan fingerprint density at radius 2 is 1.93 bits per heavy atom. The van der Waals surface area contributed by atoms with Crippen LogP contribution in [0.15, 0.2) is 36.4 Å². The fraction of sp³-hybridized carbons (Fsp3) is 0.304. The van der Waals surface area contributed by atoms with E-state index < -0.39 is 0 Å². The van der Waals surface area contributed by atoms with Gasteiger partial charge < -0.3 is 19.5 Å². The third-order valence-electron chi connectivity index (χ3n) is 5.15. The van der Waals surface area contributed by atoms with E-state index >= 15 is 0 Å². The summed E-state index contributed by atoms with van der Waals surface area (Å²) < 4.78 is 17.8. The average molecular weight is 407 g/mol. The summed E-state index contributed by atoms with van der Waals surface area (Å²) in [7, 11) is 3.24. The number of nitrogens with one attached hydrogen (secondary N) is 1. The molecule has 0 saturated carbocycles. The normalized spacial score (nSPS) is 11.6. The van der Waals surface area contributed by atoms with Crippen molar-refractivity contribution in [3.05, 3.63) is 53.1 Å². The number of esters is 1. The predicted octanol–water partition coefficient (Wildman–Crippen LogP) is 4.09. The number of hydrogen-bond donors (Lipinski definition) is 1. The average Bonchev–Trinajstić information content (AvgIpc) is 3.24. The highest BCUT2D eigenvalue weighted by molar-refractivity contribution is 5.83. The number of aromatic nitrogens is 2. The molecule has 0 spiro atoms. The molecule has 1 heterocycles. The van der Waals surface area contributed by atoms with E-state index in [1.807, 2.05) is 37.3 Å². The zero-order valence-electron chi connectivity index (χ0n) is 17.6. The van der Waals surface area contributed by atoms with Gasteiger partial charge in [0.25, 0.3) is 0 Å². The molecule has 4 rings (SSSR count). The SMILES string of the molecule is CCOC(=O)Cn1nc(Nc2cccc(C)c2)c2c1-c1cc(OC)c(OC)cc1C2. The largest absolute Gasteiger partial charge is 0.493 e. The molecule has 0 saturated heterocycles. The number of hydrogen-bond acceptors (Lipinski definition) is 6. The molecule has 156 valence electrons. The first-order chi connectivity index (χ1) is 14.5. The van der Waals surface area contributed by atoms with Crippen molar-refractivity contribution in [2.45, 2.75) is 26.8 Å². The summed E-state index contributed by atoms with van der Waals surface area (Å²) in [4.78, 5) is 12.2. The van der Waals surface area contributed by atoms with E-state index in [0.717, 1.165) is 39.5 Å². The molecule has 1 aromatic heterocycles. The Balaban J connectivity index is 1.80. The third kappa shape index (κ3) is 3.58. The van der Waals surface area contributed by atoms with Gasteiger partial charge in [-0.2, -0.15) is 5.10 Å². The molecule has 7 heteroatoms. The summed E-state index contributed by atoms with van der Waals surface area (Å²) in [5.74, 6) is 1.73. The molecular weight excluding hydrogens is 382 g/mol. The zero-order chi connectivity index (χ0) is 21.3. The van der Waals surface area contributed by atoms with Crippen LogP contribution in [0.3, 0.4) is 0 Å². The first-order valence-electron chi connectivity index (χ1n) is 9.88. The molecule has 0 aliphatic heterocycles. The molecule has 0 bridgehead atoms. The van der Waals surface area contributed by atoms with Crippen LogP contribution in [0, 0.1) is 6.92 Å². The molecule has 1 N–H and O–H groups in total. The lowest BCUT2D eigenvalue weighted by Crippen LogP contribution is -2.15. The number of carbonyl (C=O) groups is 1. The lowest BCUT2D eigenvalue weighted by Gasteiger charge is -2.12. The number of anilines is 2. The summed E-state index contributed by atoms with van der Waals surface area (Å²) in [6, 6.07) is 12.0. The molecule has 30 heavy (non-hydrogen) atoms. The number of carbonyl (C=O) groups excluding carboxylic acids is 1. The monoisotopic (exact) mass is 407 g/mol. The molecule has 1 aliphatic rings. The van der Waals surface area contributed by atoms with Gasteiger partial charge in [-0.05, 0) is 49.2 Å². The zero-order valence-corrected chi connectivity index (χ0v) is 17.6. The summed E-state index contributed by atoms with van der Waals surface area (Å²) in [5, 5.41) is 8.12. The topological polar surface area (TPSA) is 74.6 Å². The summed E-state index contributed by atoms with van der Waals surface area (Å²) in [5.41, 5.74) is 6.12. The Kier molecular flexibility index (Phi) is 5.35. The van der Waals surface area contributed by atoms with Gasteiger partial charge >= 0.3 is 5.97 Å². The Hall–Kier alpha value is -3.48. The summed E-state index contributed by atoms with van der Waals surface area (Å²) in [6.45, 7) is 4.21. The van der Waals surface area contributed by atoms with Crippen molar-refractivity contribution in [1.29, 1.82) is 0 Å². The Labute approximate surface area is 175 Å². The second kappa shape index (κ2) is 8.10. The number of ether oxygens (including phenoxy) is 3. The number of methoxy groups -OCH3 is 2. The van der Waals surface area contributed by atoms with Gasteiger partial charge in [-0.3, -0.25) is 9.48 Å². The molecule has 0 atom stereocenters. The Morgan fingerprint density at radius 3 is 2.63 bits per heavy atom. The van der Waals surface area contributed by atoms with Crippen molar-refractivity contribution < 1.29 is 19.0 Å². The van der Waals surface area contributed by atoms with E-state index in [1.165, 1.54) is 0 Å². The van der Waals surface area contributed by atoms with E-state index in [1.54, 1.807) is 25.8 Å². The van der Waals surface area contributed by atoms with Gasteiger partial charge in [0.05, 0.1) is 26.5 Å². The van der Waals surface area contributed by atoms with Crippen molar-refractivity contribution in [1.82, 2.24) is 9.78 Å². The highest BCUT2D eigenvalue weighted by Crippen LogP contribution is 2.45. The smallest absolute Gasteiger partial charge is 0.327 e. The maximum Gasteiger partial charge on any atom is 0.327 e. The minimum Gasteiger partial charge on any atom is -0.493 e. The van der Waals surface area contributed by atoms with Gasteiger partial charge in [0.1, 0.15) is 6.54 Å². The lowest BCUT2D eigenvalue weighted by atomic mass is 10.1. The van der Waals surface area contributed by atoms with Crippen LogP contribution in [0.2, 0.25) is 0 Å². The number of benzene rings is 2. The van der Waals surface area contributed by atoms with Crippen molar-refractivity contribution >= 4 is 17.5 Å². The van der Waals surface area contributed by atoms with Crippen molar-refractivity contribution in [3.8, 4) is 22.8 Å². The van der Waals surface area contributed by atoms with Crippen molar-refractivity contribution in [2.75, 3.05) is 26.1 Å². The van der Waals surface area contributed by atoms with Crippen LogP contribution >= 0.6 is 0 Å². The molecule has 0 unspecified atom stereocenters. The van der Waals surface area contributed by atoms with Gasteiger partial charge in [-0.25, -0.2) is 0 Å². The number of nitrogens with zero attached hydrogens (tertiary/aromatic N) is 2. The Bertz CT molecular complexity index is 1100. The van der Waals surface area contributed by atoms with Crippen molar-refractivity contribution in [2.24, 2.45) is 0 Å². The number of rotatable bonds is 7. The minimum absolute atomic E-state index is 0.0411. The van der Waals surface area contributed by atoms with Gasteiger partial charge in [0, 0.05) is 23.2 Å². The number of aryl methyl sites for hydroxylation is 1. The van der Waals surface area contributed by atoms with Crippen LogP contribution < -0.4 is 14.8 Å². The van der Waals surface area contributed by atoms with Crippen LogP contribution in [-0.2, 0) is 22.5 Å². The third-order valence-corrected chi connectivity index (χ3v) is 5.15. The van der Waals surface area contributed by atoms with Crippen LogP contribution in [0.25, 0.3) is 11.3 Å². The van der Waals surface area contributed by atoms with Gasteiger partial charge in [0.2, 0.25) is 0 Å². The van der Waals surface area contributed by atoms with E-state index in [0.29, 0.717) is 24.5 Å². The molecular formula is C23H25N3O4. The fourth-order valence-electron chi connectivity index (χ4n) is 3.85. The van der Waals surface area contributed by atoms with E-state index in [2.05, 4.69) is 11.4 Å². The maximum atomic E-state index is 12.2. The van der Waals surface area contributed by atoms with Crippen LogP contribution in [-0.4, -0.2) is 36.6 Å². The highest BCUT2D eigenvalue weighted by atomic mass is 16.5. The molecule has 2 aromatic carbocycles. The Morgan fingerprint density at radius 1 is 1.17 bits per heavy atom. The van der Waals surface area contributed by atoms with Gasteiger partial charge in [-0.15, -0.1) is 0 Å². The second-order valence-corrected chi connectivity index (χ2v) is 7.17. The molecule has 0 radical (unpaired) electrons. The summed E-state index contributed by atoms with van der Waals surface area (Å²) >= 11 is 0. The van der Waals surface area contributed by atoms with Crippen LogP contribution in [0.5, 0.6) is 11.5 Å². The quantitative estimate of drug-likeness (QED) is 0.465. The van der Waals surface area contributed by atoms with Crippen LogP contribution in [0.4, 0.5) is 11.5 Å². The first-order valence-corrected chi connectivity index (χ1v) is 9.88. The summed E-state index contributed by atoms with van der Waals surface area (Å²) in [6.07, 6.45) is 0.683. The van der Waals surface area contributed by atoms with E-state index in [-0.39, 0.29) is 12.5 Å². The van der Waals surface area contributed by atoms with Crippen molar-refractivity contribution in [3.63, 3.8) is 0 Å². The van der Waals surface area contributed by atoms with E-state index in [9.17, 15) is 4.79 Å². The molecule has 0 amide bonds. The molecule has 3 aromatic rings. The fourth-order valence-corrected chi connectivity index (χ4v) is 3.85. The molecule has 7 nitrogen and oxygen atoms in total. The first kappa shape index (κ1) is 19.8. The van der Waals surface area contributed by atoms with Gasteiger partial charge in [-0.1, -0.05) is 12.1 Å². The predicted molar refractivity (Wildman–Crippen MR) is 115 cm³/mol. The lowest BCUT2D eigenvalue weighted by molar-refractivity contribution is -0.144. The molecule has 1 aliphatic carbocycles. The number of fused-ring (bicyclic) bond motifs is 3. The van der Waals surface area contributed by atoms with Crippen LogP contribution in [0.1, 0.15) is 23.6 Å². The van der Waals surface area contributed by atoms with E-state index in [4.69, 9.17) is 19.3 Å².